The van der Waals surface area contributed by atoms with Crippen LogP contribution in [0.2, 0.25) is 0 Å². The molecule has 0 unspecified atom stereocenters. The van der Waals surface area contributed by atoms with Crippen molar-refractivity contribution in [2.45, 2.75) is 38.0 Å². The van der Waals surface area contributed by atoms with Crippen LogP contribution in [0.3, 0.4) is 0 Å². The van der Waals surface area contributed by atoms with Gasteiger partial charge in [-0.25, -0.2) is 4.98 Å². The van der Waals surface area contributed by atoms with Crippen LogP contribution in [0.25, 0.3) is 0 Å². The summed E-state index contributed by atoms with van der Waals surface area (Å²) >= 11 is 1.49. The van der Waals surface area contributed by atoms with Crippen molar-refractivity contribution in [3.63, 3.8) is 0 Å². The number of amides is 1. The summed E-state index contributed by atoms with van der Waals surface area (Å²) in [7, 11) is 1.65. The number of nitrogens with one attached hydrogen (secondary N) is 1. The zero-order valence-corrected chi connectivity index (χ0v) is 13.7. The molecule has 0 bridgehead atoms. The highest BCUT2D eigenvalue weighted by Gasteiger charge is 2.28. The van der Waals surface area contributed by atoms with Gasteiger partial charge in [-0.05, 0) is 32.4 Å². The van der Waals surface area contributed by atoms with Crippen LogP contribution < -0.4 is 5.32 Å². The predicted octanol–water partition coefficient (Wildman–Crippen LogP) is 1.27. The molecular formula is C15H23N3O3S. The first-order chi connectivity index (χ1) is 10.8. The Labute approximate surface area is 134 Å². The lowest BCUT2D eigenvalue weighted by Gasteiger charge is -2.30. The summed E-state index contributed by atoms with van der Waals surface area (Å²) < 4.78 is 10.8. The van der Waals surface area contributed by atoms with Crippen molar-refractivity contribution in [3.8, 4) is 0 Å². The minimum absolute atomic E-state index is 0.00961. The summed E-state index contributed by atoms with van der Waals surface area (Å²) in [4.78, 5) is 19.8. The fraction of sp³-hybridized carbons (Fsp3) is 0.733. The number of ether oxygens (including phenoxy) is 2. The van der Waals surface area contributed by atoms with E-state index in [1.165, 1.54) is 24.2 Å². The number of methoxy groups -OCH3 is 1. The quantitative estimate of drug-likeness (QED) is 0.883. The zero-order valence-electron chi connectivity index (χ0n) is 12.9. The molecular weight excluding hydrogens is 302 g/mol. The van der Waals surface area contributed by atoms with Crippen molar-refractivity contribution >= 4 is 17.2 Å². The second kappa shape index (κ2) is 7.50. The van der Waals surface area contributed by atoms with Crippen molar-refractivity contribution < 1.29 is 14.3 Å². The molecule has 2 atom stereocenters. The first-order valence-electron chi connectivity index (χ1n) is 7.84. The molecule has 2 aliphatic rings. The summed E-state index contributed by atoms with van der Waals surface area (Å²) in [5.74, 6) is -0.0564. The van der Waals surface area contributed by atoms with Gasteiger partial charge < -0.3 is 14.8 Å². The Morgan fingerprint density at radius 3 is 3.14 bits per heavy atom. The van der Waals surface area contributed by atoms with Gasteiger partial charge in [0.25, 0.3) is 5.91 Å². The number of carbonyl (C=O) groups excluding carboxylic acids is 1. The minimum atomic E-state index is -0.0744. The lowest BCUT2D eigenvalue weighted by Crippen LogP contribution is -2.49. The molecule has 1 amide bonds. The van der Waals surface area contributed by atoms with Gasteiger partial charge >= 0.3 is 0 Å². The normalized spacial score (nSPS) is 26.2. The SMILES string of the molecule is CO[C@@H]1COCC[C@H]1NC(=O)c1cnc(CN2CCCC2)s1. The molecule has 22 heavy (non-hydrogen) atoms. The third-order valence-electron chi connectivity index (χ3n) is 4.26. The van der Waals surface area contributed by atoms with Crippen molar-refractivity contribution in [1.82, 2.24) is 15.2 Å². The van der Waals surface area contributed by atoms with Crippen LogP contribution >= 0.6 is 11.3 Å². The lowest BCUT2D eigenvalue weighted by molar-refractivity contribution is -0.0478. The van der Waals surface area contributed by atoms with Crippen molar-refractivity contribution in [2.75, 3.05) is 33.4 Å². The van der Waals surface area contributed by atoms with Crippen LogP contribution in [-0.2, 0) is 16.0 Å². The molecule has 3 heterocycles. The highest BCUT2D eigenvalue weighted by molar-refractivity contribution is 7.13. The Hall–Kier alpha value is -1.02. The van der Waals surface area contributed by atoms with E-state index in [0.29, 0.717) is 18.1 Å². The number of aromatic nitrogens is 1. The third-order valence-corrected chi connectivity index (χ3v) is 5.24. The van der Waals surface area contributed by atoms with E-state index >= 15 is 0 Å². The molecule has 7 heteroatoms. The molecule has 0 spiro atoms. The Bertz CT molecular complexity index is 502. The lowest BCUT2D eigenvalue weighted by atomic mass is 10.1. The van der Waals surface area contributed by atoms with E-state index in [0.717, 1.165) is 31.1 Å². The molecule has 1 aromatic rings. The summed E-state index contributed by atoms with van der Waals surface area (Å²) in [5, 5.41) is 4.07. The zero-order chi connectivity index (χ0) is 15.4. The highest BCUT2D eigenvalue weighted by Crippen LogP contribution is 2.19. The summed E-state index contributed by atoms with van der Waals surface area (Å²) in [5.41, 5.74) is 0. The summed E-state index contributed by atoms with van der Waals surface area (Å²) in [6.07, 6.45) is 4.92. The van der Waals surface area contributed by atoms with E-state index in [2.05, 4.69) is 15.2 Å². The Morgan fingerprint density at radius 2 is 2.36 bits per heavy atom. The average Bonchev–Trinajstić information content (AvgIpc) is 3.20. The van der Waals surface area contributed by atoms with E-state index in [-0.39, 0.29) is 18.1 Å². The van der Waals surface area contributed by atoms with E-state index in [1.807, 2.05) is 0 Å². The van der Waals surface area contributed by atoms with Gasteiger partial charge in [-0.15, -0.1) is 11.3 Å². The van der Waals surface area contributed by atoms with Gasteiger partial charge in [0.2, 0.25) is 0 Å². The summed E-state index contributed by atoms with van der Waals surface area (Å²) in [6.45, 7) is 4.32. The van der Waals surface area contributed by atoms with Gasteiger partial charge in [-0.2, -0.15) is 0 Å². The molecule has 2 fully saturated rings. The monoisotopic (exact) mass is 325 g/mol. The Balaban J connectivity index is 1.56. The summed E-state index contributed by atoms with van der Waals surface area (Å²) in [6, 6.07) is 0.00961. The number of carbonyl (C=O) groups is 1. The van der Waals surface area contributed by atoms with Crippen molar-refractivity contribution in [2.24, 2.45) is 0 Å². The average molecular weight is 325 g/mol. The van der Waals surface area contributed by atoms with E-state index < -0.39 is 0 Å². The van der Waals surface area contributed by atoms with E-state index in [9.17, 15) is 4.79 Å². The molecule has 6 nitrogen and oxygen atoms in total. The molecule has 0 radical (unpaired) electrons. The first-order valence-corrected chi connectivity index (χ1v) is 8.66. The molecule has 2 aliphatic heterocycles. The topological polar surface area (TPSA) is 63.7 Å². The van der Waals surface area contributed by atoms with Crippen molar-refractivity contribution in [1.29, 1.82) is 0 Å². The number of likely N-dealkylation sites (tertiary alicyclic amines) is 1. The molecule has 122 valence electrons. The van der Waals surface area contributed by atoms with E-state index in [4.69, 9.17) is 9.47 Å². The first kappa shape index (κ1) is 15.9. The molecule has 1 N–H and O–H groups in total. The molecule has 1 aromatic heterocycles. The second-order valence-corrected chi connectivity index (χ2v) is 6.93. The van der Waals surface area contributed by atoms with Crippen LogP contribution in [0.15, 0.2) is 6.20 Å². The molecule has 3 rings (SSSR count). The van der Waals surface area contributed by atoms with Gasteiger partial charge in [0.05, 0.1) is 25.4 Å². The Morgan fingerprint density at radius 1 is 1.55 bits per heavy atom. The van der Waals surface area contributed by atoms with Crippen LogP contribution in [0.1, 0.15) is 33.9 Å². The molecule has 0 aliphatic carbocycles. The highest BCUT2D eigenvalue weighted by atomic mass is 32.1. The maximum absolute atomic E-state index is 12.4. The second-order valence-electron chi connectivity index (χ2n) is 5.82. The molecule has 0 aromatic carbocycles. The largest absolute Gasteiger partial charge is 0.379 e. The van der Waals surface area contributed by atoms with Crippen LogP contribution in [0.4, 0.5) is 0 Å². The van der Waals surface area contributed by atoms with E-state index in [1.54, 1.807) is 13.3 Å². The smallest absolute Gasteiger partial charge is 0.263 e. The number of nitrogens with zero attached hydrogens (tertiary/aromatic N) is 2. The van der Waals surface area contributed by atoms with Gasteiger partial charge in [0.15, 0.2) is 0 Å². The minimum Gasteiger partial charge on any atom is -0.379 e. The maximum atomic E-state index is 12.4. The van der Waals surface area contributed by atoms with Gasteiger partial charge in [0.1, 0.15) is 16.0 Å². The van der Waals surface area contributed by atoms with Gasteiger partial charge in [-0.3, -0.25) is 9.69 Å². The van der Waals surface area contributed by atoms with Crippen LogP contribution in [0, 0.1) is 0 Å². The van der Waals surface area contributed by atoms with Crippen molar-refractivity contribution in [3.05, 3.63) is 16.1 Å². The Kier molecular flexibility index (Phi) is 5.41. The van der Waals surface area contributed by atoms with Crippen LogP contribution in [0.5, 0.6) is 0 Å². The fourth-order valence-corrected chi connectivity index (χ4v) is 3.83. The standard InChI is InChI=1S/C15H23N3O3S/c1-20-12-10-21-7-4-11(12)17-15(19)13-8-16-14(22-13)9-18-5-2-3-6-18/h8,11-12H,2-7,9-10H2,1H3,(H,17,19)/t11-,12-/m1/s1. The number of rotatable bonds is 5. The molecule has 2 saturated heterocycles. The van der Waals surface area contributed by atoms with Gasteiger partial charge in [0, 0.05) is 13.7 Å². The maximum Gasteiger partial charge on any atom is 0.263 e. The van der Waals surface area contributed by atoms with Gasteiger partial charge in [-0.1, -0.05) is 0 Å². The predicted molar refractivity (Wildman–Crippen MR) is 84.1 cm³/mol. The molecule has 0 saturated carbocycles. The number of hydrogen-bond acceptors (Lipinski definition) is 6. The number of thiazole rings is 1. The fourth-order valence-electron chi connectivity index (χ4n) is 2.97. The number of hydrogen-bond donors (Lipinski definition) is 1. The third kappa shape index (κ3) is 3.84. The van der Waals surface area contributed by atoms with Crippen LogP contribution in [-0.4, -0.2) is 61.3 Å².